The van der Waals surface area contributed by atoms with Gasteiger partial charge < -0.3 is 44.1 Å². The van der Waals surface area contributed by atoms with Crippen LogP contribution in [0.15, 0.2) is 24.3 Å². The quantitative estimate of drug-likeness (QED) is 0.410. The highest BCUT2D eigenvalue weighted by atomic mass is 16.7. The second-order valence-corrected chi connectivity index (χ2v) is 9.07. The van der Waals surface area contributed by atoms with E-state index in [0.717, 1.165) is 5.56 Å². The number of phenols is 1. The van der Waals surface area contributed by atoms with Crippen molar-refractivity contribution in [3.8, 4) is 23.0 Å². The molecule has 11 nitrogen and oxygen atoms in total. The Labute approximate surface area is 213 Å². The maximum atomic E-state index is 13.0. The highest BCUT2D eigenvalue weighted by Gasteiger charge is 2.46. The van der Waals surface area contributed by atoms with Crippen LogP contribution in [-0.4, -0.2) is 76.6 Å². The SMILES string of the molecule is COc1ccc(C2CC(=O)c3c(O)c(C)c(OC4OC(COC(C)=O)C(O)C(O)C4O)c(C)c3O2)cc1. The van der Waals surface area contributed by atoms with E-state index in [9.17, 15) is 30.0 Å². The summed E-state index contributed by atoms with van der Waals surface area (Å²) < 4.78 is 27.7. The van der Waals surface area contributed by atoms with Crippen molar-refractivity contribution in [1.29, 1.82) is 0 Å². The van der Waals surface area contributed by atoms with Gasteiger partial charge in [0, 0.05) is 18.1 Å². The zero-order valence-electron chi connectivity index (χ0n) is 20.8. The summed E-state index contributed by atoms with van der Waals surface area (Å²) in [4.78, 5) is 24.2. The van der Waals surface area contributed by atoms with E-state index in [1.165, 1.54) is 13.8 Å². The lowest BCUT2D eigenvalue weighted by Gasteiger charge is -2.40. The molecule has 0 aromatic heterocycles. The third kappa shape index (κ3) is 5.08. The summed E-state index contributed by atoms with van der Waals surface area (Å²) in [5, 5.41) is 41.9. The maximum Gasteiger partial charge on any atom is 0.302 e. The van der Waals surface area contributed by atoms with Gasteiger partial charge in [0.05, 0.1) is 13.5 Å². The molecule has 0 saturated carbocycles. The third-order valence-corrected chi connectivity index (χ3v) is 6.59. The number of aliphatic hydroxyl groups excluding tert-OH is 3. The minimum atomic E-state index is -1.67. The van der Waals surface area contributed by atoms with Crippen LogP contribution < -0.4 is 14.2 Å². The number of aliphatic hydroxyl groups is 3. The van der Waals surface area contributed by atoms with Gasteiger partial charge in [-0.3, -0.25) is 9.59 Å². The fraction of sp³-hybridized carbons (Fsp3) is 0.462. The highest BCUT2D eigenvalue weighted by Crippen LogP contribution is 2.48. The normalized spacial score (nSPS) is 27.2. The molecular weight excluding hydrogens is 488 g/mol. The van der Waals surface area contributed by atoms with Crippen LogP contribution in [-0.2, 0) is 14.3 Å². The predicted molar refractivity (Wildman–Crippen MR) is 127 cm³/mol. The smallest absolute Gasteiger partial charge is 0.302 e. The van der Waals surface area contributed by atoms with Crippen LogP contribution >= 0.6 is 0 Å². The zero-order chi connectivity index (χ0) is 27.0. The van der Waals surface area contributed by atoms with E-state index in [2.05, 4.69) is 0 Å². The van der Waals surface area contributed by atoms with Gasteiger partial charge in [0.15, 0.2) is 5.78 Å². The summed E-state index contributed by atoms with van der Waals surface area (Å²) in [6.45, 7) is 3.95. The molecular formula is C26H30O11. The van der Waals surface area contributed by atoms with E-state index in [1.807, 2.05) is 0 Å². The molecule has 0 bridgehead atoms. The molecule has 0 spiro atoms. The summed E-state index contributed by atoms with van der Waals surface area (Å²) in [5.41, 5.74) is 1.33. The van der Waals surface area contributed by atoms with Gasteiger partial charge in [0.25, 0.3) is 0 Å². The number of hydrogen-bond donors (Lipinski definition) is 4. The van der Waals surface area contributed by atoms with Gasteiger partial charge in [-0.2, -0.15) is 0 Å². The van der Waals surface area contributed by atoms with Gasteiger partial charge in [-0.05, 0) is 31.5 Å². The molecule has 1 saturated heterocycles. The first-order chi connectivity index (χ1) is 17.5. The molecule has 11 heteroatoms. The van der Waals surface area contributed by atoms with Crippen molar-refractivity contribution in [3.05, 3.63) is 46.5 Å². The molecule has 4 N–H and O–H groups in total. The van der Waals surface area contributed by atoms with Crippen LogP contribution in [0.3, 0.4) is 0 Å². The first kappa shape index (κ1) is 26.7. The van der Waals surface area contributed by atoms with E-state index in [0.29, 0.717) is 11.3 Å². The maximum absolute atomic E-state index is 13.0. The highest BCUT2D eigenvalue weighted by molar-refractivity contribution is 6.03. The van der Waals surface area contributed by atoms with Gasteiger partial charge in [-0.25, -0.2) is 0 Å². The van der Waals surface area contributed by atoms with Crippen LogP contribution in [0.5, 0.6) is 23.0 Å². The summed E-state index contributed by atoms with van der Waals surface area (Å²) in [6, 6.07) is 7.07. The van der Waals surface area contributed by atoms with Crippen molar-refractivity contribution in [2.75, 3.05) is 13.7 Å². The molecule has 2 aliphatic rings. The number of aromatic hydroxyl groups is 1. The lowest BCUT2D eigenvalue weighted by atomic mass is 9.91. The summed E-state index contributed by atoms with van der Waals surface area (Å²) in [6.07, 6.45) is -8.17. The zero-order valence-corrected chi connectivity index (χ0v) is 20.8. The molecule has 0 amide bonds. The predicted octanol–water partition coefficient (Wildman–Crippen LogP) is 1.47. The van der Waals surface area contributed by atoms with Crippen LogP contribution in [0.2, 0.25) is 0 Å². The number of esters is 1. The molecule has 6 unspecified atom stereocenters. The molecule has 0 radical (unpaired) electrons. The lowest BCUT2D eigenvalue weighted by molar-refractivity contribution is -0.278. The monoisotopic (exact) mass is 518 g/mol. The molecule has 2 heterocycles. The summed E-state index contributed by atoms with van der Waals surface area (Å²) in [7, 11) is 1.55. The number of phenolic OH excluding ortho intramolecular Hbond substituents is 1. The number of rotatable bonds is 6. The molecule has 4 rings (SSSR count). The Balaban J connectivity index is 1.65. The van der Waals surface area contributed by atoms with Crippen LogP contribution in [0.1, 0.15) is 46.5 Å². The number of carbonyl (C=O) groups excluding carboxylic acids is 2. The fourth-order valence-electron chi connectivity index (χ4n) is 4.48. The van der Waals surface area contributed by atoms with E-state index in [1.54, 1.807) is 38.3 Å². The standard InChI is InChI=1S/C26H30O11/c1-11-20(29)19-16(28)9-17(14-5-7-15(33-4)8-6-14)35-25(19)12(2)24(11)37-26-23(32)22(31)21(30)18(36-26)10-34-13(3)27/h5-8,17-18,21-23,26,29-32H,9-10H2,1-4H3. The number of ketones is 1. The molecule has 0 aliphatic carbocycles. The number of fused-ring (bicyclic) bond motifs is 1. The second-order valence-electron chi connectivity index (χ2n) is 9.07. The minimum absolute atomic E-state index is 0.0122. The average molecular weight is 519 g/mol. The van der Waals surface area contributed by atoms with E-state index >= 15 is 0 Å². The molecule has 200 valence electrons. The largest absolute Gasteiger partial charge is 0.507 e. The molecule has 2 aromatic carbocycles. The Bertz CT molecular complexity index is 1180. The first-order valence-corrected chi connectivity index (χ1v) is 11.7. The van der Waals surface area contributed by atoms with Crippen LogP contribution in [0.25, 0.3) is 0 Å². The Morgan fingerprint density at radius 1 is 1.05 bits per heavy atom. The summed E-state index contributed by atoms with van der Waals surface area (Å²) in [5.74, 6) is -0.427. The number of methoxy groups -OCH3 is 1. The number of ether oxygens (including phenoxy) is 5. The van der Waals surface area contributed by atoms with Crippen molar-refractivity contribution < 1.29 is 53.7 Å². The number of hydrogen-bond acceptors (Lipinski definition) is 11. The Hall–Kier alpha value is -3.38. The first-order valence-electron chi connectivity index (χ1n) is 11.7. The number of Topliss-reactive ketones (excluding diaryl/α,β-unsaturated/α-hetero) is 1. The van der Waals surface area contributed by atoms with Gasteiger partial charge in [0.1, 0.15) is 65.7 Å². The fourth-order valence-corrected chi connectivity index (χ4v) is 4.48. The topological polar surface area (TPSA) is 161 Å². The molecule has 2 aliphatic heterocycles. The van der Waals surface area contributed by atoms with Gasteiger partial charge in [-0.15, -0.1) is 0 Å². The van der Waals surface area contributed by atoms with Crippen molar-refractivity contribution in [2.45, 2.75) is 64.0 Å². The Morgan fingerprint density at radius 3 is 2.35 bits per heavy atom. The summed E-state index contributed by atoms with van der Waals surface area (Å²) >= 11 is 0. The lowest BCUT2D eigenvalue weighted by Crippen LogP contribution is -2.60. The van der Waals surface area contributed by atoms with Gasteiger partial charge >= 0.3 is 5.97 Å². The number of carbonyl (C=O) groups is 2. The Morgan fingerprint density at radius 2 is 1.73 bits per heavy atom. The van der Waals surface area contributed by atoms with Crippen LogP contribution in [0, 0.1) is 13.8 Å². The van der Waals surface area contributed by atoms with E-state index < -0.39 is 42.8 Å². The molecule has 1 fully saturated rings. The molecule has 37 heavy (non-hydrogen) atoms. The third-order valence-electron chi connectivity index (χ3n) is 6.59. The molecule has 6 atom stereocenters. The van der Waals surface area contributed by atoms with Crippen molar-refractivity contribution >= 4 is 11.8 Å². The van der Waals surface area contributed by atoms with E-state index in [-0.39, 0.29) is 47.2 Å². The number of benzene rings is 2. The van der Waals surface area contributed by atoms with Gasteiger partial charge in [-0.1, -0.05) is 12.1 Å². The van der Waals surface area contributed by atoms with Crippen molar-refractivity contribution in [3.63, 3.8) is 0 Å². The van der Waals surface area contributed by atoms with Gasteiger partial charge in [0.2, 0.25) is 6.29 Å². The van der Waals surface area contributed by atoms with Crippen molar-refractivity contribution in [1.82, 2.24) is 0 Å². The van der Waals surface area contributed by atoms with E-state index in [4.69, 9.17) is 23.7 Å². The van der Waals surface area contributed by atoms with Crippen LogP contribution in [0.4, 0.5) is 0 Å². The minimum Gasteiger partial charge on any atom is -0.507 e. The average Bonchev–Trinajstić information content (AvgIpc) is 2.88. The Kier molecular flexibility index (Phi) is 7.60. The molecule has 2 aromatic rings. The van der Waals surface area contributed by atoms with Crippen molar-refractivity contribution in [2.24, 2.45) is 0 Å². The second kappa shape index (κ2) is 10.5.